The summed E-state index contributed by atoms with van der Waals surface area (Å²) in [7, 11) is 0. The Labute approximate surface area is 169 Å². The van der Waals surface area contributed by atoms with Crippen LogP contribution in [-0.2, 0) is 25.6 Å². The molecule has 0 aliphatic heterocycles. The van der Waals surface area contributed by atoms with Crippen LogP contribution in [0.3, 0.4) is 0 Å². The van der Waals surface area contributed by atoms with Crippen LogP contribution in [-0.4, -0.2) is 20.0 Å². The van der Waals surface area contributed by atoms with E-state index in [9.17, 15) is 27.8 Å². The maximum Gasteiger partial charge on any atom is 0.435 e. The molecule has 0 saturated carbocycles. The molecular formula is C21H19F4N3O2. The zero-order valence-corrected chi connectivity index (χ0v) is 15.8. The predicted octanol–water partition coefficient (Wildman–Crippen LogP) is 4.93. The fourth-order valence-electron chi connectivity index (χ4n) is 3.70. The highest BCUT2D eigenvalue weighted by atomic mass is 19.4. The molecule has 3 aromatic rings. The standard InChI is InChI=1S/C21H19F4N3O2/c22-15-7-6-13(10-16(15)26-11-12-5-8-18(29)19(30)9-12)28-17-4-2-1-3-14(17)20(27-28)21(23,24)25/h5-10,26,29-30H,1-4,11H2. The van der Waals surface area contributed by atoms with Crippen molar-refractivity contribution in [2.24, 2.45) is 0 Å². The van der Waals surface area contributed by atoms with Crippen molar-refractivity contribution in [1.82, 2.24) is 9.78 Å². The summed E-state index contributed by atoms with van der Waals surface area (Å²) in [4.78, 5) is 0. The Morgan fingerprint density at radius 1 is 1.00 bits per heavy atom. The van der Waals surface area contributed by atoms with Crippen LogP contribution in [0.25, 0.3) is 5.69 Å². The molecule has 0 fully saturated rings. The van der Waals surface area contributed by atoms with Gasteiger partial charge in [0.1, 0.15) is 5.82 Å². The number of fused-ring (bicyclic) bond motifs is 1. The molecule has 1 aliphatic carbocycles. The molecule has 158 valence electrons. The second-order valence-electron chi connectivity index (χ2n) is 7.23. The molecule has 1 aliphatic rings. The number of aromatic nitrogens is 2. The van der Waals surface area contributed by atoms with E-state index < -0.39 is 17.7 Å². The minimum atomic E-state index is -4.55. The number of hydrogen-bond donors (Lipinski definition) is 3. The summed E-state index contributed by atoms with van der Waals surface area (Å²) in [5.74, 6) is -1.14. The van der Waals surface area contributed by atoms with Gasteiger partial charge in [0.25, 0.3) is 0 Å². The molecule has 1 heterocycles. The predicted molar refractivity (Wildman–Crippen MR) is 102 cm³/mol. The Kier molecular flexibility index (Phi) is 5.05. The molecule has 2 aromatic carbocycles. The van der Waals surface area contributed by atoms with Gasteiger partial charge in [0.15, 0.2) is 17.2 Å². The molecule has 0 saturated heterocycles. The third-order valence-corrected chi connectivity index (χ3v) is 5.17. The summed E-state index contributed by atoms with van der Waals surface area (Å²) in [5, 5.41) is 25.6. The Bertz CT molecular complexity index is 1090. The van der Waals surface area contributed by atoms with E-state index in [-0.39, 0.29) is 29.3 Å². The molecule has 0 unspecified atom stereocenters. The van der Waals surface area contributed by atoms with Gasteiger partial charge >= 0.3 is 6.18 Å². The summed E-state index contributed by atoms with van der Waals surface area (Å²) >= 11 is 0. The number of hydrogen-bond acceptors (Lipinski definition) is 4. The Hall–Kier alpha value is -3.23. The average Bonchev–Trinajstić information content (AvgIpc) is 3.10. The van der Waals surface area contributed by atoms with Crippen molar-refractivity contribution in [3.8, 4) is 17.2 Å². The van der Waals surface area contributed by atoms with Gasteiger partial charge in [-0.2, -0.15) is 18.3 Å². The molecular weight excluding hydrogens is 402 g/mol. The number of alkyl halides is 3. The molecule has 0 spiro atoms. The molecule has 1 aromatic heterocycles. The lowest BCUT2D eigenvalue weighted by molar-refractivity contribution is -0.142. The lowest BCUT2D eigenvalue weighted by atomic mass is 9.95. The second kappa shape index (κ2) is 7.55. The first kappa shape index (κ1) is 20.1. The molecule has 30 heavy (non-hydrogen) atoms. The number of nitrogens with one attached hydrogen (secondary N) is 1. The maximum atomic E-state index is 14.3. The fraction of sp³-hybridized carbons (Fsp3) is 0.286. The molecule has 4 rings (SSSR count). The van der Waals surface area contributed by atoms with Crippen molar-refractivity contribution in [2.45, 2.75) is 38.4 Å². The van der Waals surface area contributed by atoms with Crippen molar-refractivity contribution in [3.05, 3.63) is 64.7 Å². The monoisotopic (exact) mass is 421 g/mol. The normalized spacial score (nSPS) is 13.9. The number of anilines is 1. The van der Waals surface area contributed by atoms with Gasteiger partial charge < -0.3 is 15.5 Å². The first-order chi connectivity index (χ1) is 14.2. The summed E-state index contributed by atoms with van der Waals surface area (Å²) < 4.78 is 55.9. The van der Waals surface area contributed by atoms with Crippen LogP contribution in [0.1, 0.15) is 35.4 Å². The number of benzene rings is 2. The van der Waals surface area contributed by atoms with E-state index in [2.05, 4.69) is 10.4 Å². The van der Waals surface area contributed by atoms with E-state index in [1.165, 1.54) is 35.0 Å². The van der Waals surface area contributed by atoms with E-state index in [1.54, 1.807) is 6.07 Å². The van der Waals surface area contributed by atoms with Gasteiger partial charge in [-0.15, -0.1) is 0 Å². The highest BCUT2D eigenvalue weighted by Crippen LogP contribution is 2.37. The smallest absolute Gasteiger partial charge is 0.435 e. The van der Waals surface area contributed by atoms with E-state index in [0.29, 0.717) is 36.2 Å². The number of halogens is 4. The number of phenols is 2. The Morgan fingerprint density at radius 3 is 2.50 bits per heavy atom. The van der Waals surface area contributed by atoms with Crippen LogP contribution in [0.2, 0.25) is 0 Å². The van der Waals surface area contributed by atoms with Crippen LogP contribution in [0.5, 0.6) is 11.5 Å². The molecule has 3 N–H and O–H groups in total. The van der Waals surface area contributed by atoms with Gasteiger partial charge in [0, 0.05) is 17.8 Å². The van der Waals surface area contributed by atoms with Crippen molar-refractivity contribution < 1.29 is 27.8 Å². The Balaban J connectivity index is 1.66. The highest BCUT2D eigenvalue weighted by Gasteiger charge is 2.39. The van der Waals surface area contributed by atoms with Crippen LogP contribution < -0.4 is 5.32 Å². The van der Waals surface area contributed by atoms with Crippen molar-refractivity contribution in [3.63, 3.8) is 0 Å². The third-order valence-electron chi connectivity index (χ3n) is 5.17. The first-order valence-electron chi connectivity index (χ1n) is 9.46. The highest BCUT2D eigenvalue weighted by molar-refractivity contribution is 5.54. The van der Waals surface area contributed by atoms with Crippen molar-refractivity contribution in [2.75, 3.05) is 5.32 Å². The summed E-state index contributed by atoms with van der Waals surface area (Å²) in [6.45, 7) is 0.138. The van der Waals surface area contributed by atoms with Gasteiger partial charge in [-0.3, -0.25) is 0 Å². The minimum Gasteiger partial charge on any atom is -0.504 e. The van der Waals surface area contributed by atoms with E-state index in [4.69, 9.17) is 0 Å². The topological polar surface area (TPSA) is 70.3 Å². The third kappa shape index (κ3) is 3.79. The molecule has 9 heteroatoms. The van der Waals surface area contributed by atoms with Crippen molar-refractivity contribution >= 4 is 5.69 Å². The maximum absolute atomic E-state index is 14.3. The zero-order chi connectivity index (χ0) is 21.5. The summed E-state index contributed by atoms with van der Waals surface area (Å²) in [5.41, 5.74) is 0.859. The quantitative estimate of drug-likeness (QED) is 0.413. The zero-order valence-electron chi connectivity index (χ0n) is 15.8. The first-order valence-corrected chi connectivity index (χ1v) is 9.46. The van der Waals surface area contributed by atoms with E-state index in [0.717, 1.165) is 6.42 Å². The SMILES string of the molecule is Oc1ccc(CNc2cc(-n3nc(C(F)(F)F)c4c3CCCC4)ccc2F)cc1O. The van der Waals surface area contributed by atoms with Crippen LogP contribution in [0.15, 0.2) is 36.4 Å². The summed E-state index contributed by atoms with van der Waals surface area (Å²) in [6.07, 6.45) is -2.30. The largest absolute Gasteiger partial charge is 0.504 e. The number of nitrogens with zero attached hydrogens (tertiary/aromatic N) is 2. The van der Waals surface area contributed by atoms with Gasteiger partial charge in [0.2, 0.25) is 0 Å². The molecule has 5 nitrogen and oxygen atoms in total. The Morgan fingerprint density at radius 2 is 1.77 bits per heavy atom. The van der Waals surface area contributed by atoms with Gasteiger partial charge in [0.05, 0.1) is 11.4 Å². The van der Waals surface area contributed by atoms with Gasteiger partial charge in [-0.1, -0.05) is 6.07 Å². The number of rotatable bonds is 4. The van der Waals surface area contributed by atoms with Crippen LogP contribution in [0.4, 0.5) is 23.2 Å². The van der Waals surface area contributed by atoms with Gasteiger partial charge in [-0.05, 0) is 61.6 Å². The minimum absolute atomic E-state index is 0.0914. The second-order valence-corrected chi connectivity index (χ2v) is 7.23. The summed E-state index contributed by atoms with van der Waals surface area (Å²) in [6, 6.07) is 8.20. The van der Waals surface area contributed by atoms with Gasteiger partial charge in [-0.25, -0.2) is 9.07 Å². The van der Waals surface area contributed by atoms with E-state index >= 15 is 0 Å². The van der Waals surface area contributed by atoms with Crippen molar-refractivity contribution in [1.29, 1.82) is 0 Å². The molecule has 0 amide bonds. The van der Waals surface area contributed by atoms with Crippen LogP contribution in [0, 0.1) is 5.82 Å². The molecule has 0 radical (unpaired) electrons. The number of phenolic OH excluding ortho intramolecular Hbond substituents is 2. The lowest BCUT2D eigenvalue weighted by Gasteiger charge is -2.15. The lowest BCUT2D eigenvalue weighted by Crippen LogP contribution is -2.11. The average molecular weight is 421 g/mol. The van der Waals surface area contributed by atoms with E-state index in [1.807, 2.05) is 0 Å². The number of aromatic hydroxyl groups is 2. The fourth-order valence-corrected chi connectivity index (χ4v) is 3.70. The molecule has 0 atom stereocenters. The van der Waals surface area contributed by atoms with Crippen LogP contribution >= 0.6 is 0 Å². The molecule has 0 bridgehead atoms.